The van der Waals surface area contributed by atoms with Crippen LogP contribution in [0.15, 0.2) is 48.7 Å². The second-order valence-corrected chi connectivity index (χ2v) is 6.87. The molecule has 1 aromatic carbocycles. The molecular weight excluding hydrogens is 360 g/mol. The van der Waals surface area contributed by atoms with Crippen LogP contribution in [0.1, 0.15) is 24.1 Å². The van der Waals surface area contributed by atoms with Gasteiger partial charge in [-0.05, 0) is 36.6 Å². The maximum atomic E-state index is 12.9. The Balaban J connectivity index is 1.77. The number of carboxylic acids is 1. The maximum Gasteiger partial charge on any atom is 0.327 e. The van der Waals surface area contributed by atoms with Gasteiger partial charge in [-0.15, -0.1) is 0 Å². The van der Waals surface area contributed by atoms with Crippen molar-refractivity contribution in [2.75, 3.05) is 12.8 Å². The number of urea groups is 1. The number of benzene rings is 1. The molecule has 1 aliphatic heterocycles. The lowest BCUT2D eigenvalue weighted by atomic mass is 9.82. The standard InChI is InChI=1S/C20H22N4O4/c1-12(14-6-4-3-5-7-14)23(2)20(28)24-17(19(26)27)15(18(24)25)10-13-8-9-22-16(21)11-13/h3-9,11-12,15,17H,10H2,1-2H3,(H2,21,22)(H,26,27)/t12-,15-,17+/m1/s1. The smallest absolute Gasteiger partial charge is 0.327 e. The number of carbonyl (C=O) groups excluding carboxylic acids is 2. The summed E-state index contributed by atoms with van der Waals surface area (Å²) < 4.78 is 0. The van der Waals surface area contributed by atoms with Gasteiger partial charge in [0.2, 0.25) is 5.91 Å². The molecule has 2 aromatic rings. The van der Waals surface area contributed by atoms with Gasteiger partial charge in [0.25, 0.3) is 0 Å². The minimum atomic E-state index is -1.21. The number of aromatic nitrogens is 1. The first-order chi connectivity index (χ1) is 13.3. The van der Waals surface area contributed by atoms with Gasteiger partial charge in [-0.3, -0.25) is 4.79 Å². The topological polar surface area (TPSA) is 117 Å². The first kappa shape index (κ1) is 19.3. The molecule has 1 aromatic heterocycles. The summed E-state index contributed by atoms with van der Waals surface area (Å²) in [5.74, 6) is -2.23. The normalized spacial score (nSPS) is 19.6. The quantitative estimate of drug-likeness (QED) is 0.763. The van der Waals surface area contributed by atoms with E-state index in [4.69, 9.17) is 5.73 Å². The van der Waals surface area contributed by atoms with E-state index in [2.05, 4.69) is 4.98 Å². The van der Waals surface area contributed by atoms with Crippen molar-refractivity contribution in [2.45, 2.75) is 25.4 Å². The molecule has 8 nitrogen and oxygen atoms in total. The van der Waals surface area contributed by atoms with Gasteiger partial charge in [0.05, 0.1) is 12.0 Å². The molecule has 1 saturated heterocycles. The second-order valence-electron chi connectivity index (χ2n) is 6.87. The molecule has 0 bridgehead atoms. The van der Waals surface area contributed by atoms with Gasteiger partial charge >= 0.3 is 12.0 Å². The molecule has 8 heteroatoms. The van der Waals surface area contributed by atoms with Crippen LogP contribution >= 0.6 is 0 Å². The molecule has 1 aliphatic rings. The van der Waals surface area contributed by atoms with Gasteiger partial charge in [-0.1, -0.05) is 30.3 Å². The van der Waals surface area contributed by atoms with Crippen molar-refractivity contribution in [3.05, 3.63) is 59.8 Å². The van der Waals surface area contributed by atoms with E-state index in [1.165, 1.54) is 11.1 Å². The number of carboxylic acid groups (broad SMARTS) is 1. The van der Waals surface area contributed by atoms with Gasteiger partial charge in [0.1, 0.15) is 5.82 Å². The van der Waals surface area contributed by atoms with Crippen LogP contribution in [-0.4, -0.2) is 50.9 Å². The summed E-state index contributed by atoms with van der Waals surface area (Å²) in [5, 5.41) is 9.61. The molecule has 2 heterocycles. The van der Waals surface area contributed by atoms with E-state index >= 15 is 0 Å². The number of aliphatic carboxylic acids is 1. The highest BCUT2D eigenvalue weighted by atomic mass is 16.4. The van der Waals surface area contributed by atoms with Crippen molar-refractivity contribution in [2.24, 2.45) is 5.92 Å². The molecular formula is C20H22N4O4. The van der Waals surface area contributed by atoms with Crippen LogP contribution < -0.4 is 5.73 Å². The zero-order valence-electron chi connectivity index (χ0n) is 15.6. The van der Waals surface area contributed by atoms with Crippen molar-refractivity contribution in [3.8, 4) is 0 Å². The Hall–Kier alpha value is -3.42. The molecule has 3 N–H and O–H groups in total. The average molecular weight is 382 g/mol. The zero-order valence-corrected chi connectivity index (χ0v) is 15.6. The molecule has 3 atom stereocenters. The van der Waals surface area contributed by atoms with Gasteiger partial charge in [0, 0.05) is 13.2 Å². The summed E-state index contributed by atoms with van der Waals surface area (Å²) in [6.45, 7) is 1.82. The monoisotopic (exact) mass is 382 g/mol. The Morgan fingerprint density at radius 1 is 1.29 bits per heavy atom. The highest BCUT2D eigenvalue weighted by Crippen LogP contribution is 2.33. The highest BCUT2D eigenvalue weighted by Gasteiger charge is 2.55. The Morgan fingerprint density at radius 2 is 1.96 bits per heavy atom. The number of nitrogens with two attached hydrogens (primary N) is 1. The van der Waals surface area contributed by atoms with Crippen LogP contribution in [-0.2, 0) is 16.0 Å². The van der Waals surface area contributed by atoms with Crippen molar-refractivity contribution in [3.63, 3.8) is 0 Å². The van der Waals surface area contributed by atoms with Crippen LogP contribution in [0.5, 0.6) is 0 Å². The van der Waals surface area contributed by atoms with E-state index in [0.29, 0.717) is 11.4 Å². The Labute approximate surface area is 162 Å². The number of imide groups is 1. The van der Waals surface area contributed by atoms with Crippen molar-refractivity contribution >= 4 is 23.7 Å². The minimum absolute atomic E-state index is 0.185. The zero-order chi connectivity index (χ0) is 20.4. The Morgan fingerprint density at radius 3 is 2.57 bits per heavy atom. The number of likely N-dealkylation sites (tertiary alicyclic amines) is 1. The number of nitrogen functional groups attached to an aromatic ring is 1. The fourth-order valence-corrected chi connectivity index (χ4v) is 3.41. The van der Waals surface area contributed by atoms with Crippen LogP contribution in [0.4, 0.5) is 10.6 Å². The number of rotatable bonds is 5. The summed E-state index contributed by atoms with van der Waals surface area (Å²) in [5.41, 5.74) is 7.24. The molecule has 28 heavy (non-hydrogen) atoms. The second kappa shape index (κ2) is 7.67. The van der Waals surface area contributed by atoms with Crippen LogP contribution in [0.25, 0.3) is 0 Å². The van der Waals surface area contributed by atoms with E-state index in [9.17, 15) is 19.5 Å². The predicted molar refractivity (Wildman–Crippen MR) is 102 cm³/mol. The Kier molecular flexibility index (Phi) is 5.30. The molecule has 0 unspecified atom stereocenters. The van der Waals surface area contributed by atoms with Crippen molar-refractivity contribution in [1.29, 1.82) is 0 Å². The first-order valence-corrected chi connectivity index (χ1v) is 8.89. The SMILES string of the molecule is C[C@H](c1ccccc1)N(C)C(=O)N1C(=O)[C@H](Cc2ccnc(N)c2)[C@H]1C(=O)O. The van der Waals surface area contributed by atoms with E-state index < -0.39 is 29.9 Å². The van der Waals surface area contributed by atoms with Gasteiger partial charge in [-0.2, -0.15) is 0 Å². The molecule has 3 amide bonds. The summed E-state index contributed by atoms with van der Waals surface area (Å²) >= 11 is 0. The molecule has 1 fully saturated rings. The van der Waals surface area contributed by atoms with Gasteiger partial charge < -0.3 is 15.7 Å². The van der Waals surface area contributed by atoms with E-state index in [1.807, 2.05) is 37.3 Å². The third-order valence-corrected chi connectivity index (χ3v) is 5.14. The van der Waals surface area contributed by atoms with Crippen LogP contribution in [0.3, 0.4) is 0 Å². The predicted octanol–water partition coefficient (Wildman–Crippen LogP) is 1.93. The van der Waals surface area contributed by atoms with E-state index in [0.717, 1.165) is 10.5 Å². The number of carbonyl (C=O) groups is 3. The number of pyridine rings is 1. The average Bonchev–Trinajstić information content (AvgIpc) is 2.68. The number of hydrogen-bond acceptors (Lipinski definition) is 5. The van der Waals surface area contributed by atoms with E-state index in [-0.39, 0.29) is 12.5 Å². The first-order valence-electron chi connectivity index (χ1n) is 8.89. The lowest BCUT2D eigenvalue weighted by Gasteiger charge is -2.45. The van der Waals surface area contributed by atoms with Crippen LogP contribution in [0, 0.1) is 5.92 Å². The van der Waals surface area contributed by atoms with Crippen molar-refractivity contribution in [1.82, 2.24) is 14.8 Å². The molecule has 0 aliphatic carbocycles. The number of anilines is 1. The number of β-lactam (4-membered cyclic amide) rings is 1. The largest absolute Gasteiger partial charge is 0.480 e. The summed E-state index contributed by atoms with van der Waals surface area (Å²) in [7, 11) is 1.56. The minimum Gasteiger partial charge on any atom is -0.480 e. The number of nitrogens with zero attached hydrogens (tertiary/aromatic N) is 3. The third-order valence-electron chi connectivity index (χ3n) is 5.14. The fraction of sp³-hybridized carbons (Fsp3) is 0.300. The summed E-state index contributed by atoms with van der Waals surface area (Å²) in [6.07, 6.45) is 1.69. The number of hydrogen-bond donors (Lipinski definition) is 2. The molecule has 146 valence electrons. The maximum absolute atomic E-state index is 12.9. The molecule has 3 rings (SSSR count). The number of amides is 3. The summed E-state index contributed by atoms with van der Waals surface area (Å²) in [6, 6.07) is 10.5. The molecule has 0 saturated carbocycles. The van der Waals surface area contributed by atoms with Crippen molar-refractivity contribution < 1.29 is 19.5 Å². The van der Waals surface area contributed by atoms with Gasteiger partial charge in [-0.25, -0.2) is 19.5 Å². The summed E-state index contributed by atoms with van der Waals surface area (Å²) in [4.78, 5) is 43.4. The lowest BCUT2D eigenvalue weighted by Crippen LogP contribution is -2.68. The van der Waals surface area contributed by atoms with E-state index in [1.54, 1.807) is 19.2 Å². The van der Waals surface area contributed by atoms with Gasteiger partial charge in [0.15, 0.2) is 6.04 Å². The highest BCUT2D eigenvalue weighted by molar-refractivity contribution is 6.07. The molecule has 0 spiro atoms. The molecule has 0 radical (unpaired) electrons. The van der Waals surface area contributed by atoms with Crippen LogP contribution in [0.2, 0.25) is 0 Å². The Bertz CT molecular complexity index is 902. The third kappa shape index (κ3) is 3.53. The lowest BCUT2D eigenvalue weighted by molar-refractivity contribution is -0.166. The fourth-order valence-electron chi connectivity index (χ4n) is 3.41.